The van der Waals surface area contributed by atoms with Crippen molar-refractivity contribution in [2.24, 2.45) is 0 Å². The first-order valence-electron chi connectivity index (χ1n) is 6.78. The number of aromatic nitrogens is 2. The number of rotatable bonds is 5. The van der Waals surface area contributed by atoms with Crippen LogP contribution in [0.1, 0.15) is 33.0 Å². The fraction of sp³-hybridized carbons (Fsp3) is 0.500. The summed E-state index contributed by atoms with van der Waals surface area (Å²) in [6.45, 7) is 6.21. The average molecular weight is 330 g/mol. The maximum atomic E-state index is 11.9. The third kappa shape index (κ3) is 4.11. The van der Waals surface area contributed by atoms with Crippen LogP contribution in [0.4, 0.5) is 5.69 Å². The normalized spacial score (nSPS) is 12.8. The number of imidazole rings is 1. The van der Waals surface area contributed by atoms with E-state index in [0.717, 1.165) is 16.9 Å². The van der Waals surface area contributed by atoms with Crippen LogP contribution in [0.25, 0.3) is 11.0 Å². The molecule has 0 aliphatic rings. The molecule has 2 N–H and O–H groups in total. The molecule has 116 valence electrons. The first-order chi connectivity index (χ1) is 9.71. The highest BCUT2D eigenvalue weighted by atomic mass is 35.5. The first-order valence-corrected chi connectivity index (χ1v) is 8.97. The smallest absolute Gasteiger partial charge is 0.232 e. The van der Waals surface area contributed by atoms with Crippen molar-refractivity contribution < 1.29 is 8.42 Å². The Hall–Kier alpha value is -1.27. The molecule has 5 nitrogen and oxygen atoms in total. The summed E-state index contributed by atoms with van der Waals surface area (Å²) in [4.78, 5) is 7.76. The largest absolute Gasteiger partial charge is 0.341 e. The summed E-state index contributed by atoms with van der Waals surface area (Å²) in [6, 6.07) is 5.28. The van der Waals surface area contributed by atoms with Gasteiger partial charge in [0.05, 0.1) is 22.5 Å². The minimum Gasteiger partial charge on any atom is -0.341 e. The zero-order valence-corrected chi connectivity index (χ0v) is 14.0. The highest BCUT2D eigenvalue weighted by Gasteiger charge is 2.18. The predicted octanol–water partition coefficient (Wildman–Crippen LogP) is 3.23. The standard InChI is InChI=1S/C14H20ClN3O2S/c1-14(2,3)13-16-11-6-5-10(9-12(11)17-13)18-21(19,20)8-4-7-15/h5-6,9,18H,4,7-8H2,1-3H3,(H,16,17). The van der Waals surface area contributed by atoms with Gasteiger partial charge in [0.15, 0.2) is 0 Å². The number of sulfonamides is 1. The molecule has 0 unspecified atom stereocenters. The number of anilines is 1. The van der Waals surface area contributed by atoms with Crippen molar-refractivity contribution in [1.82, 2.24) is 9.97 Å². The number of H-pyrrole nitrogens is 1. The Balaban J connectivity index is 2.27. The Morgan fingerprint density at radius 3 is 2.67 bits per heavy atom. The van der Waals surface area contributed by atoms with Crippen LogP contribution < -0.4 is 4.72 Å². The summed E-state index contributed by atoms with van der Waals surface area (Å²) in [7, 11) is -3.36. The van der Waals surface area contributed by atoms with Gasteiger partial charge in [-0.25, -0.2) is 13.4 Å². The van der Waals surface area contributed by atoms with Crippen molar-refractivity contribution in [3.63, 3.8) is 0 Å². The molecule has 0 bridgehead atoms. The molecule has 1 aromatic heterocycles. The van der Waals surface area contributed by atoms with E-state index in [0.29, 0.717) is 18.0 Å². The Morgan fingerprint density at radius 2 is 2.05 bits per heavy atom. The van der Waals surface area contributed by atoms with E-state index in [9.17, 15) is 8.42 Å². The van der Waals surface area contributed by atoms with Gasteiger partial charge in [0.1, 0.15) is 5.82 Å². The van der Waals surface area contributed by atoms with Gasteiger partial charge < -0.3 is 4.98 Å². The van der Waals surface area contributed by atoms with Gasteiger partial charge in [0, 0.05) is 11.3 Å². The minimum atomic E-state index is -3.36. The summed E-state index contributed by atoms with van der Waals surface area (Å²) in [6.07, 6.45) is 0.428. The molecular weight excluding hydrogens is 310 g/mol. The lowest BCUT2D eigenvalue weighted by molar-refractivity contribution is 0.554. The van der Waals surface area contributed by atoms with Crippen molar-refractivity contribution in [2.45, 2.75) is 32.6 Å². The molecule has 2 aromatic rings. The van der Waals surface area contributed by atoms with E-state index in [1.165, 1.54) is 0 Å². The van der Waals surface area contributed by atoms with Crippen LogP contribution in [0.15, 0.2) is 18.2 Å². The molecule has 0 aliphatic heterocycles. The summed E-state index contributed by atoms with van der Waals surface area (Å²) >= 11 is 5.53. The van der Waals surface area contributed by atoms with E-state index >= 15 is 0 Å². The van der Waals surface area contributed by atoms with E-state index < -0.39 is 10.0 Å². The molecule has 0 aliphatic carbocycles. The summed E-state index contributed by atoms with van der Waals surface area (Å²) in [5, 5.41) is 0. The monoisotopic (exact) mass is 329 g/mol. The number of hydrogen-bond donors (Lipinski definition) is 2. The molecule has 0 saturated carbocycles. The van der Waals surface area contributed by atoms with Crippen LogP contribution in [0, 0.1) is 0 Å². The number of alkyl halides is 1. The Kier molecular flexibility index (Phi) is 4.49. The molecule has 0 fully saturated rings. The molecule has 0 atom stereocenters. The van der Waals surface area contributed by atoms with Gasteiger partial charge in [0.2, 0.25) is 10.0 Å². The second-order valence-electron chi connectivity index (χ2n) is 6.03. The van der Waals surface area contributed by atoms with Gasteiger partial charge in [-0.2, -0.15) is 0 Å². The fourth-order valence-electron chi connectivity index (χ4n) is 1.90. The first kappa shape index (κ1) is 16.1. The summed E-state index contributed by atoms with van der Waals surface area (Å²) in [5.41, 5.74) is 2.08. The molecule has 2 rings (SSSR count). The van der Waals surface area contributed by atoms with Crippen molar-refractivity contribution in [1.29, 1.82) is 0 Å². The van der Waals surface area contributed by atoms with E-state index in [2.05, 4.69) is 35.5 Å². The molecular formula is C14H20ClN3O2S. The molecule has 0 radical (unpaired) electrons. The van der Waals surface area contributed by atoms with Crippen molar-refractivity contribution >= 4 is 38.3 Å². The third-order valence-electron chi connectivity index (χ3n) is 3.01. The van der Waals surface area contributed by atoms with E-state index in [4.69, 9.17) is 11.6 Å². The molecule has 0 amide bonds. The second-order valence-corrected chi connectivity index (χ2v) is 8.25. The zero-order chi connectivity index (χ0) is 15.7. The van der Waals surface area contributed by atoms with Gasteiger partial charge in [-0.1, -0.05) is 20.8 Å². The van der Waals surface area contributed by atoms with Crippen LogP contribution in [-0.2, 0) is 15.4 Å². The predicted molar refractivity (Wildman–Crippen MR) is 87.5 cm³/mol. The molecule has 1 aromatic carbocycles. The SMILES string of the molecule is CC(C)(C)c1nc2ccc(NS(=O)(=O)CCCCl)cc2[nH]1. The lowest BCUT2D eigenvalue weighted by Gasteiger charge is -2.13. The quantitative estimate of drug-likeness (QED) is 0.827. The number of benzene rings is 1. The Labute approximate surface area is 130 Å². The highest BCUT2D eigenvalue weighted by Crippen LogP contribution is 2.24. The summed E-state index contributed by atoms with van der Waals surface area (Å²) < 4.78 is 26.3. The summed E-state index contributed by atoms with van der Waals surface area (Å²) in [5.74, 6) is 1.22. The van der Waals surface area contributed by atoms with Gasteiger partial charge in [-0.05, 0) is 24.6 Å². The molecule has 0 saturated heterocycles. The maximum Gasteiger partial charge on any atom is 0.232 e. The lowest BCUT2D eigenvalue weighted by Crippen LogP contribution is -2.16. The number of fused-ring (bicyclic) bond motifs is 1. The number of halogens is 1. The number of nitrogens with zero attached hydrogens (tertiary/aromatic N) is 1. The van der Waals surface area contributed by atoms with E-state index in [-0.39, 0.29) is 11.2 Å². The lowest BCUT2D eigenvalue weighted by atomic mass is 9.96. The number of hydrogen-bond acceptors (Lipinski definition) is 3. The highest BCUT2D eigenvalue weighted by molar-refractivity contribution is 7.92. The molecule has 1 heterocycles. The van der Waals surface area contributed by atoms with E-state index in [1.807, 2.05) is 0 Å². The Morgan fingerprint density at radius 1 is 1.33 bits per heavy atom. The van der Waals surface area contributed by atoms with Gasteiger partial charge in [0.25, 0.3) is 0 Å². The van der Waals surface area contributed by atoms with Crippen molar-refractivity contribution in [2.75, 3.05) is 16.4 Å². The maximum absolute atomic E-state index is 11.9. The second kappa shape index (κ2) is 5.85. The topological polar surface area (TPSA) is 74.8 Å². The number of aromatic amines is 1. The third-order valence-corrected chi connectivity index (χ3v) is 4.65. The van der Waals surface area contributed by atoms with Gasteiger partial charge in [-0.3, -0.25) is 4.72 Å². The van der Waals surface area contributed by atoms with E-state index in [1.54, 1.807) is 18.2 Å². The van der Waals surface area contributed by atoms with Gasteiger partial charge in [-0.15, -0.1) is 11.6 Å². The van der Waals surface area contributed by atoms with Crippen molar-refractivity contribution in [3.8, 4) is 0 Å². The zero-order valence-electron chi connectivity index (χ0n) is 12.4. The Bertz CT molecular complexity index is 732. The fourth-order valence-corrected chi connectivity index (χ4v) is 3.31. The van der Waals surface area contributed by atoms with Crippen molar-refractivity contribution in [3.05, 3.63) is 24.0 Å². The average Bonchev–Trinajstić information content (AvgIpc) is 2.79. The number of nitrogens with one attached hydrogen (secondary N) is 2. The van der Waals surface area contributed by atoms with Crippen LogP contribution in [-0.4, -0.2) is 30.0 Å². The molecule has 0 spiro atoms. The minimum absolute atomic E-state index is 0.0186. The van der Waals surface area contributed by atoms with Crippen LogP contribution in [0.3, 0.4) is 0 Å². The van der Waals surface area contributed by atoms with Gasteiger partial charge >= 0.3 is 0 Å². The molecule has 7 heteroatoms. The van der Waals surface area contributed by atoms with Crippen LogP contribution in [0.2, 0.25) is 0 Å². The molecule has 21 heavy (non-hydrogen) atoms. The van der Waals surface area contributed by atoms with Crippen LogP contribution >= 0.6 is 11.6 Å². The van der Waals surface area contributed by atoms with Crippen LogP contribution in [0.5, 0.6) is 0 Å².